The molecular formula is C14H18ClNO2. The minimum atomic E-state index is -0.708. The Balaban J connectivity index is 2.26. The van der Waals surface area contributed by atoms with Crippen LogP contribution < -0.4 is 5.32 Å². The van der Waals surface area contributed by atoms with Crippen molar-refractivity contribution < 1.29 is 9.90 Å². The molecule has 0 aliphatic carbocycles. The fourth-order valence-corrected chi connectivity index (χ4v) is 2.83. The predicted molar refractivity (Wildman–Crippen MR) is 72.1 cm³/mol. The van der Waals surface area contributed by atoms with E-state index >= 15 is 0 Å². The van der Waals surface area contributed by atoms with Crippen LogP contribution in [-0.4, -0.2) is 24.2 Å². The predicted octanol–water partition coefficient (Wildman–Crippen LogP) is 2.65. The lowest BCUT2D eigenvalue weighted by Gasteiger charge is -2.34. The van der Waals surface area contributed by atoms with Gasteiger partial charge in [-0.15, -0.1) is 0 Å². The summed E-state index contributed by atoms with van der Waals surface area (Å²) in [5.41, 5.74) is 1.37. The maximum atomic E-state index is 11.6. The van der Waals surface area contributed by atoms with Crippen LogP contribution in [0.4, 0.5) is 0 Å². The second-order valence-electron chi connectivity index (χ2n) is 5.11. The van der Waals surface area contributed by atoms with E-state index in [0.717, 1.165) is 24.2 Å². The van der Waals surface area contributed by atoms with Crippen molar-refractivity contribution in [3.63, 3.8) is 0 Å². The molecule has 0 saturated carbocycles. The van der Waals surface area contributed by atoms with E-state index in [2.05, 4.69) is 5.32 Å². The van der Waals surface area contributed by atoms with Gasteiger partial charge in [-0.25, -0.2) is 0 Å². The number of halogens is 1. The summed E-state index contributed by atoms with van der Waals surface area (Å²) in [6, 6.07) is 5.83. The molecule has 4 heteroatoms. The molecule has 2 N–H and O–H groups in total. The van der Waals surface area contributed by atoms with Crippen molar-refractivity contribution in [1.82, 2.24) is 5.32 Å². The van der Waals surface area contributed by atoms with Crippen molar-refractivity contribution in [2.45, 2.75) is 26.2 Å². The Kier molecular flexibility index (Phi) is 3.93. The van der Waals surface area contributed by atoms with E-state index in [1.54, 1.807) is 0 Å². The molecule has 2 rings (SSSR count). The fraction of sp³-hybridized carbons (Fsp3) is 0.500. The lowest BCUT2D eigenvalue weighted by Crippen LogP contribution is -2.43. The molecule has 1 aliphatic heterocycles. The van der Waals surface area contributed by atoms with E-state index in [0.29, 0.717) is 24.3 Å². The van der Waals surface area contributed by atoms with Crippen molar-refractivity contribution in [3.05, 3.63) is 34.3 Å². The zero-order valence-corrected chi connectivity index (χ0v) is 11.3. The van der Waals surface area contributed by atoms with Crippen LogP contribution in [0.5, 0.6) is 0 Å². The number of carboxylic acid groups (broad SMARTS) is 1. The normalized spacial score (nSPS) is 18.6. The van der Waals surface area contributed by atoms with Crippen LogP contribution in [-0.2, 0) is 11.2 Å². The summed E-state index contributed by atoms with van der Waals surface area (Å²) >= 11 is 6.21. The van der Waals surface area contributed by atoms with Gasteiger partial charge in [-0.05, 0) is 56.5 Å². The SMILES string of the molecule is Cc1ccc(CC2(C(=O)O)CCNCC2)c(Cl)c1. The molecule has 0 unspecified atom stereocenters. The zero-order valence-electron chi connectivity index (χ0n) is 10.5. The van der Waals surface area contributed by atoms with Gasteiger partial charge in [0.2, 0.25) is 0 Å². The summed E-state index contributed by atoms with van der Waals surface area (Å²) in [4.78, 5) is 11.6. The number of hydrogen-bond donors (Lipinski definition) is 2. The number of piperidine rings is 1. The first-order chi connectivity index (χ1) is 8.53. The van der Waals surface area contributed by atoms with Gasteiger partial charge < -0.3 is 10.4 Å². The Morgan fingerprint density at radius 1 is 1.44 bits per heavy atom. The van der Waals surface area contributed by atoms with Crippen LogP contribution in [0.2, 0.25) is 5.02 Å². The third kappa shape index (κ3) is 2.68. The van der Waals surface area contributed by atoms with Gasteiger partial charge in [-0.3, -0.25) is 4.79 Å². The number of nitrogens with one attached hydrogen (secondary N) is 1. The second kappa shape index (κ2) is 5.29. The number of aliphatic carboxylic acids is 1. The van der Waals surface area contributed by atoms with Gasteiger partial charge in [0, 0.05) is 5.02 Å². The molecule has 1 saturated heterocycles. The van der Waals surface area contributed by atoms with Gasteiger partial charge in [0.25, 0.3) is 0 Å². The lowest BCUT2D eigenvalue weighted by molar-refractivity contribution is -0.150. The molecular weight excluding hydrogens is 250 g/mol. The minimum Gasteiger partial charge on any atom is -0.481 e. The van der Waals surface area contributed by atoms with Crippen LogP contribution in [0.3, 0.4) is 0 Å². The van der Waals surface area contributed by atoms with E-state index in [9.17, 15) is 9.90 Å². The molecule has 1 heterocycles. The molecule has 3 nitrogen and oxygen atoms in total. The lowest BCUT2D eigenvalue weighted by atomic mass is 9.74. The van der Waals surface area contributed by atoms with E-state index in [1.807, 2.05) is 25.1 Å². The van der Waals surface area contributed by atoms with Crippen LogP contribution in [0, 0.1) is 12.3 Å². The van der Waals surface area contributed by atoms with Crippen LogP contribution in [0.25, 0.3) is 0 Å². The summed E-state index contributed by atoms with van der Waals surface area (Å²) in [5, 5.41) is 13.4. The molecule has 1 aliphatic rings. The maximum absolute atomic E-state index is 11.6. The highest BCUT2D eigenvalue weighted by Gasteiger charge is 2.39. The Morgan fingerprint density at radius 2 is 2.11 bits per heavy atom. The summed E-state index contributed by atoms with van der Waals surface area (Å²) in [5.74, 6) is -0.708. The van der Waals surface area contributed by atoms with Gasteiger partial charge in [-0.2, -0.15) is 0 Å². The number of carboxylic acids is 1. The molecule has 18 heavy (non-hydrogen) atoms. The van der Waals surface area contributed by atoms with Gasteiger partial charge >= 0.3 is 5.97 Å². The molecule has 1 fully saturated rings. The zero-order chi connectivity index (χ0) is 13.2. The highest BCUT2D eigenvalue weighted by atomic mass is 35.5. The summed E-state index contributed by atoms with van der Waals surface area (Å²) < 4.78 is 0. The number of aryl methyl sites for hydroxylation is 1. The average Bonchev–Trinajstić information content (AvgIpc) is 2.34. The van der Waals surface area contributed by atoms with Crippen LogP contribution >= 0.6 is 11.6 Å². The van der Waals surface area contributed by atoms with E-state index in [1.165, 1.54) is 0 Å². The highest BCUT2D eigenvalue weighted by Crippen LogP contribution is 2.35. The van der Waals surface area contributed by atoms with Gasteiger partial charge in [-0.1, -0.05) is 23.7 Å². The standard InChI is InChI=1S/C14H18ClNO2/c1-10-2-3-11(12(15)8-10)9-14(13(17)18)4-6-16-7-5-14/h2-3,8,16H,4-7,9H2,1H3,(H,17,18). The minimum absolute atomic E-state index is 0.517. The molecule has 0 bridgehead atoms. The number of carbonyl (C=O) groups is 1. The Morgan fingerprint density at radius 3 is 2.67 bits per heavy atom. The average molecular weight is 268 g/mol. The quantitative estimate of drug-likeness (QED) is 0.885. The molecule has 0 atom stereocenters. The topological polar surface area (TPSA) is 49.3 Å². The Labute approximate surface area is 112 Å². The first kappa shape index (κ1) is 13.4. The Bertz CT molecular complexity index is 453. The molecule has 0 spiro atoms. The van der Waals surface area contributed by atoms with Gasteiger partial charge in [0.1, 0.15) is 0 Å². The Hall–Kier alpha value is -1.06. The molecule has 1 aromatic carbocycles. The van der Waals surface area contributed by atoms with Crippen LogP contribution in [0.15, 0.2) is 18.2 Å². The molecule has 0 aromatic heterocycles. The van der Waals surface area contributed by atoms with Crippen molar-refractivity contribution in [3.8, 4) is 0 Å². The van der Waals surface area contributed by atoms with E-state index in [4.69, 9.17) is 11.6 Å². The third-order valence-electron chi connectivity index (χ3n) is 3.75. The molecule has 0 amide bonds. The number of hydrogen-bond acceptors (Lipinski definition) is 2. The van der Waals surface area contributed by atoms with E-state index < -0.39 is 11.4 Å². The molecule has 1 aromatic rings. The summed E-state index contributed by atoms with van der Waals surface area (Å²) in [7, 11) is 0. The monoisotopic (exact) mass is 267 g/mol. The largest absolute Gasteiger partial charge is 0.481 e. The van der Waals surface area contributed by atoms with Crippen molar-refractivity contribution in [1.29, 1.82) is 0 Å². The summed E-state index contributed by atoms with van der Waals surface area (Å²) in [6.07, 6.45) is 1.84. The first-order valence-electron chi connectivity index (χ1n) is 6.23. The third-order valence-corrected chi connectivity index (χ3v) is 4.10. The first-order valence-corrected chi connectivity index (χ1v) is 6.60. The molecule has 0 radical (unpaired) electrons. The number of rotatable bonds is 3. The molecule has 98 valence electrons. The summed E-state index contributed by atoms with van der Waals surface area (Å²) in [6.45, 7) is 3.50. The van der Waals surface area contributed by atoms with Crippen molar-refractivity contribution in [2.24, 2.45) is 5.41 Å². The second-order valence-corrected chi connectivity index (χ2v) is 5.51. The van der Waals surface area contributed by atoms with Crippen molar-refractivity contribution in [2.75, 3.05) is 13.1 Å². The van der Waals surface area contributed by atoms with Crippen LogP contribution in [0.1, 0.15) is 24.0 Å². The van der Waals surface area contributed by atoms with E-state index in [-0.39, 0.29) is 0 Å². The smallest absolute Gasteiger partial charge is 0.310 e. The number of benzene rings is 1. The maximum Gasteiger partial charge on any atom is 0.310 e. The van der Waals surface area contributed by atoms with Gasteiger partial charge in [0.05, 0.1) is 5.41 Å². The fourth-order valence-electron chi connectivity index (χ4n) is 2.53. The highest BCUT2D eigenvalue weighted by molar-refractivity contribution is 6.31. The van der Waals surface area contributed by atoms with Gasteiger partial charge in [0.15, 0.2) is 0 Å². The van der Waals surface area contributed by atoms with Crippen molar-refractivity contribution >= 4 is 17.6 Å².